The Morgan fingerprint density at radius 1 is 1.26 bits per heavy atom. The first-order valence-electron chi connectivity index (χ1n) is 9.36. The number of rotatable bonds is 2. The Labute approximate surface area is 179 Å². The molecule has 0 aromatic rings. The topological polar surface area (TPSA) is 91.3 Å². The number of halogens is 1. The Bertz CT molecular complexity index is 663. The van der Waals surface area contributed by atoms with Gasteiger partial charge in [0.25, 0.3) is 0 Å². The highest BCUT2D eigenvalue weighted by molar-refractivity contribution is 14.0. The summed E-state index contributed by atoms with van der Waals surface area (Å²) >= 11 is 0. The SMILES string of the molecule is CC(C)(C)OC(=O)N1CCN2C(NCC3CCS(=O)(=O)CC3)=NCC2C1.I. The minimum Gasteiger partial charge on any atom is -0.444 e. The molecule has 10 heteroatoms. The molecule has 3 aliphatic rings. The third-order valence-corrected chi connectivity index (χ3v) is 6.80. The highest BCUT2D eigenvalue weighted by Crippen LogP contribution is 2.21. The lowest BCUT2D eigenvalue weighted by molar-refractivity contribution is 0.0137. The molecule has 0 saturated carbocycles. The van der Waals surface area contributed by atoms with Crippen LogP contribution in [0.3, 0.4) is 0 Å². The highest BCUT2D eigenvalue weighted by atomic mass is 127. The second-order valence-electron chi connectivity index (χ2n) is 8.41. The monoisotopic (exact) mass is 514 g/mol. The summed E-state index contributed by atoms with van der Waals surface area (Å²) in [5.41, 5.74) is -0.486. The summed E-state index contributed by atoms with van der Waals surface area (Å²) in [6.07, 6.45) is 1.18. The second-order valence-corrected chi connectivity index (χ2v) is 10.7. The van der Waals surface area contributed by atoms with E-state index >= 15 is 0 Å². The average Bonchev–Trinajstić information content (AvgIpc) is 2.94. The number of guanidine groups is 1. The summed E-state index contributed by atoms with van der Waals surface area (Å²) in [7, 11) is -2.82. The van der Waals surface area contributed by atoms with Crippen LogP contribution in [0, 0.1) is 5.92 Å². The number of nitrogens with one attached hydrogen (secondary N) is 1. The van der Waals surface area contributed by atoms with Crippen LogP contribution in [0.2, 0.25) is 0 Å². The van der Waals surface area contributed by atoms with Gasteiger partial charge in [0.05, 0.1) is 24.1 Å². The van der Waals surface area contributed by atoms with E-state index in [-0.39, 0.29) is 36.1 Å². The van der Waals surface area contributed by atoms with E-state index in [0.717, 1.165) is 31.9 Å². The maximum Gasteiger partial charge on any atom is 0.410 e. The molecule has 1 amide bonds. The number of hydrogen-bond acceptors (Lipinski definition) is 7. The Morgan fingerprint density at radius 3 is 2.56 bits per heavy atom. The molecule has 0 spiro atoms. The minimum absolute atomic E-state index is 0. The number of ether oxygens (including phenoxy) is 1. The molecule has 0 aliphatic carbocycles. The summed E-state index contributed by atoms with van der Waals surface area (Å²) < 4.78 is 28.5. The Morgan fingerprint density at radius 2 is 1.93 bits per heavy atom. The lowest BCUT2D eigenvalue weighted by Gasteiger charge is -2.39. The van der Waals surface area contributed by atoms with Gasteiger partial charge in [-0.05, 0) is 39.5 Å². The third-order valence-electron chi connectivity index (χ3n) is 5.08. The van der Waals surface area contributed by atoms with Gasteiger partial charge in [-0.15, -0.1) is 24.0 Å². The molecule has 2 saturated heterocycles. The van der Waals surface area contributed by atoms with Gasteiger partial charge in [-0.3, -0.25) is 4.99 Å². The molecule has 27 heavy (non-hydrogen) atoms. The number of carbonyl (C=O) groups excluding carboxylic acids is 1. The van der Waals surface area contributed by atoms with Gasteiger partial charge in [-0.25, -0.2) is 13.2 Å². The van der Waals surface area contributed by atoms with Crippen molar-refractivity contribution in [1.82, 2.24) is 15.1 Å². The van der Waals surface area contributed by atoms with Gasteiger partial charge in [0.15, 0.2) is 5.96 Å². The van der Waals surface area contributed by atoms with Crippen molar-refractivity contribution in [3.05, 3.63) is 0 Å². The van der Waals surface area contributed by atoms with Crippen LogP contribution >= 0.6 is 24.0 Å². The van der Waals surface area contributed by atoms with Crippen molar-refractivity contribution >= 4 is 45.9 Å². The molecular weight excluding hydrogens is 483 g/mol. The summed E-state index contributed by atoms with van der Waals surface area (Å²) in [4.78, 5) is 20.8. The van der Waals surface area contributed by atoms with Crippen molar-refractivity contribution in [3.8, 4) is 0 Å². The van der Waals surface area contributed by atoms with Gasteiger partial charge in [0, 0.05) is 26.2 Å². The fourth-order valence-electron chi connectivity index (χ4n) is 3.60. The number of sulfone groups is 1. The van der Waals surface area contributed by atoms with Crippen LogP contribution in [0.15, 0.2) is 4.99 Å². The normalized spacial score (nSPS) is 25.3. The third kappa shape index (κ3) is 6.10. The van der Waals surface area contributed by atoms with Gasteiger partial charge in [-0.2, -0.15) is 0 Å². The lowest BCUT2D eigenvalue weighted by Crippen LogP contribution is -2.57. The fraction of sp³-hybridized carbons (Fsp3) is 0.882. The van der Waals surface area contributed by atoms with Gasteiger partial charge < -0.3 is 19.9 Å². The van der Waals surface area contributed by atoms with E-state index in [4.69, 9.17) is 4.74 Å². The van der Waals surface area contributed by atoms with Crippen molar-refractivity contribution in [3.63, 3.8) is 0 Å². The van der Waals surface area contributed by atoms with E-state index in [1.165, 1.54) is 0 Å². The van der Waals surface area contributed by atoms with E-state index in [1.807, 2.05) is 20.8 Å². The molecule has 156 valence electrons. The zero-order chi connectivity index (χ0) is 18.9. The first-order valence-corrected chi connectivity index (χ1v) is 11.2. The van der Waals surface area contributed by atoms with Gasteiger partial charge in [0.2, 0.25) is 0 Å². The van der Waals surface area contributed by atoms with Crippen LogP contribution < -0.4 is 5.32 Å². The standard InChI is InChI=1S/C17H30N4O4S.HI/c1-17(2,3)25-16(22)20-6-7-21-14(12-20)11-19-15(21)18-10-13-4-8-26(23,24)9-5-13;/h13-14H,4-12H2,1-3H3,(H,18,19);1H. The molecular formula is C17H31IN4O4S. The molecule has 3 rings (SSSR count). The molecule has 0 aromatic heterocycles. The quantitative estimate of drug-likeness (QED) is 0.559. The minimum atomic E-state index is -2.82. The van der Waals surface area contributed by atoms with E-state index in [9.17, 15) is 13.2 Å². The maximum absolute atomic E-state index is 12.3. The first kappa shape index (κ1) is 22.5. The molecule has 2 fully saturated rings. The fourth-order valence-corrected chi connectivity index (χ4v) is 5.19. The molecule has 1 N–H and O–H groups in total. The molecule has 1 atom stereocenters. The largest absolute Gasteiger partial charge is 0.444 e. The van der Waals surface area contributed by atoms with E-state index in [1.54, 1.807) is 4.90 Å². The zero-order valence-electron chi connectivity index (χ0n) is 16.3. The number of nitrogens with zero attached hydrogens (tertiary/aromatic N) is 3. The Kier molecular flexibility index (Phi) is 7.26. The maximum atomic E-state index is 12.3. The van der Waals surface area contributed by atoms with Gasteiger partial charge in [-0.1, -0.05) is 0 Å². The van der Waals surface area contributed by atoms with Crippen molar-refractivity contribution in [2.45, 2.75) is 45.3 Å². The zero-order valence-corrected chi connectivity index (χ0v) is 19.5. The summed E-state index contributed by atoms with van der Waals surface area (Å²) in [6, 6.07) is 0.186. The van der Waals surface area contributed by atoms with Crippen LogP contribution in [0.25, 0.3) is 0 Å². The van der Waals surface area contributed by atoms with Crippen LogP contribution in [0.1, 0.15) is 33.6 Å². The molecule has 0 radical (unpaired) electrons. The molecule has 3 heterocycles. The van der Waals surface area contributed by atoms with Crippen molar-refractivity contribution < 1.29 is 17.9 Å². The van der Waals surface area contributed by atoms with Crippen molar-refractivity contribution in [2.24, 2.45) is 10.9 Å². The molecule has 8 nitrogen and oxygen atoms in total. The van der Waals surface area contributed by atoms with Gasteiger partial charge in [0.1, 0.15) is 15.4 Å². The average molecular weight is 514 g/mol. The molecule has 0 bridgehead atoms. The smallest absolute Gasteiger partial charge is 0.410 e. The summed E-state index contributed by atoms with van der Waals surface area (Å²) in [5.74, 6) is 1.85. The summed E-state index contributed by atoms with van der Waals surface area (Å²) in [6.45, 7) is 9.01. The predicted molar refractivity (Wildman–Crippen MR) is 115 cm³/mol. The van der Waals surface area contributed by atoms with Crippen LogP contribution in [0.5, 0.6) is 0 Å². The Balaban J connectivity index is 0.00000261. The first-order chi connectivity index (χ1) is 12.1. The second kappa shape index (κ2) is 8.71. The van der Waals surface area contributed by atoms with E-state index in [2.05, 4.69) is 15.2 Å². The molecule has 3 aliphatic heterocycles. The van der Waals surface area contributed by atoms with Crippen LogP contribution in [-0.2, 0) is 14.6 Å². The number of amides is 1. The number of hydrogen-bond donors (Lipinski definition) is 1. The van der Waals surface area contributed by atoms with E-state index < -0.39 is 15.4 Å². The number of aliphatic imine (C=N–C) groups is 1. The molecule has 0 aromatic carbocycles. The number of piperazine rings is 1. The predicted octanol–water partition coefficient (Wildman–Crippen LogP) is 1.31. The van der Waals surface area contributed by atoms with Crippen molar-refractivity contribution in [1.29, 1.82) is 0 Å². The van der Waals surface area contributed by atoms with Crippen LogP contribution in [0.4, 0.5) is 4.79 Å². The number of carbonyl (C=O) groups is 1. The Hall–Kier alpha value is -0.780. The molecule has 1 unspecified atom stereocenters. The van der Waals surface area contributed by atoms with Gasteiger partial charge >= 0.3 is 6.09 Å². The van der Waals surface area contributed by atoms with Crippen LogP contribution in [-0.4, -0.2) is 86.1 Å². The highest BCUT2D eigenvalue weighted by Gasteiger charge is 2.36. The van der Waals surface area contributed by atoms with E-state index in [0.29, 0.717) is 37.1 Å². The number of fused-ring (bicyclic) bond motifs is 1. The summed E-state index contributed by atoms with van der Waals surface area (Å²) in [5, 5.41) is 3.41. The van der Waals surface area contributed by atoms with Crippen molar-refractivity contribution in [2.75, 3.05) is 44.2 Å². The lowest BCUT2D eigenvalue weighted by atomic mass is 10.0.